The minimum absolute atomic E-state index is 0.271. The second-order valence-electron chi connectivity index (χ2n) is 8.95. The molecule has 5 aromatic rings. The molecule has 1 fully saturated rings. The number of hydrogen-bond donors (Lipinski definition) is 3. The number of aromatic amines is 1. The molecule has 180 valence electrons. The molecule has 1 saturated carbocycles. The summed E-state index contributed by atoms with van der Waals surface area (Å²) in [7, 11) is 0. The van der Waals surface area contributed by atoms with Crippen molar-refractivity contribution in [3.8, 4) is 17.3 Å². The monoisotopic (exact) mass is 487 g/mol. The fraction of sp³-hybridized carbons (Fsp3) is 0.148. The minimum atomic E-state index is -0.553. The third kappa shape index (κ3) is 4.12. The van der Waals surface area contributed by atoms with E-state index in [0.717, 1.165) is 29.7 Å². The number of anilines is 3. The summed E-state index contributed by atoms with van der Waals surface area (Å²) in [5.74, 6) is 0.328. The Morgan fingerprint density at radius 3 is 2.78 bits per heavy atom. The van der Waals surface area contributed by atoms with Gasteiger partial charge in [-0.2, -0.15) is 5.26 Å². The smallest absolute Gasteiger partial charge is 0.255 e. The zero-order valence-corrected chi connectivity index (χ0v) is 19.9. The lowest BCUT2D eigenvalue weighted by atomic mass is 10.0. The number of imidazole rings is 1. The summed E-state index contributed by atoms with van der Waals surface area (Å²) in [5.41, 5.74) is 5.64. The van der Waals surface area contributed by atoms with Crippen LogP contribution >= 0.6 is 0 Å². The van der Waals surface area contributed by atoms with Crippen LogP contribution in [0.15, 0.2) is 67.5 Å². The van der Waals surface area contributed by atoms with Crippen LogP contribution < -0.4 is 10.6 Å². The van der Waals surface area contributed by atoms with E-state index in [1.54, 1.807) is 30.9 Å². The Morgan fingerprint density at radius 2 is 1.95 bits per heavy atom. The Bertz CT molecular complexity index is 1700. The minimum Gasteiger partial charge on any atom is -0.339 e. The molecule has 1 aliphatic carbocycles. The molecule has 0 radical (unpaired) electrons. The number of hydrogen-bond acceptors (Lipinski definition) is 8. The van der Waals surface area contributed by atoms with E-state index in [-0.39, 0.29) is 5.91 Å². The number of aryl methyl sites for hydroxylation is 1. The molecule has 1 amide bonds. The van der Waals surface area contributed by atoms with Crippen molar-refractivity contribution in [2.45, 2.75) is 25.2 Å². The zero-order chi connectivity index (χ0) is 25.4. The van der Waals surface area contributed by atoms with Crippen molar-refractivity contribution in [3.05, 3.63) is 84.3 Å². The predicted octanol–water partition coefficient (Wildman–Crippen LogP) is 4.67. The summed E-state index contributed by atoms with van der Waals surface area (Å²) in [6.07, 6.45) is 7.88. The summed E-state index contributed by atoms with van der Waals surface area (Å²) in [6, 6.07) is 15.1. The lowest BCUT2D eigenvalue weighted by Crippen LogP contribution is -2.14. The van der Waals surface area contributed by atoms with Crippen molar-refractivity contribution in [2.75, 3.05) is 10.6 Å². The number of amides is 1. The Morgan fingerprint density at radius 1 is 1.05 bits per heavy atom. The lowest BCUT2D eigenvalue weighted by Gasteiger charge is -2.15. The molecule has 4 aromatic heterocycles. The number of aromatic nitrogens is 6. The normalized spacial score (nSPS) is 13.6. The van der Waals surface area contributed by atoms with Gasteiger partial charge in [-0.05, 0) is 61.7 Å². The van der Waals surface area contributed by atoms with Crippen LogP contribution in [0.3, 0.4) is 0 Å². The van der Waals surface area contributed by atoms with Crippen molar-refractivity contribution in [1.29, 1.82) is 5.26 Å². The first-order valence-corrected chi connectivity index (χ1v) is 11.7. The molecule has 0 aliphatic heterocycles. The molecule has 10 nitrogen and oxygen atoms in total. The van der Waals surface area contributed by atoms with Gasteiger partial charge >= 0.3 is 0 Å². The van der Waals surface area contributed by atoms with Crippen LogP contribution in [0.4, 0.5) is 17.2 Å². The summed E-state index contributed by atoms with van der Waals surface area (Å²) >= 11 is 0. The number of H-pyrrole nitrogens is 1. The highest BCUT2D eigenvalue weighted by Crippen LogP contribution is 2.46. The Hall–Kier alpha value is -5.17. The first-order chi connectivity index (χ1) is 18.1. The highest BCUT2D eigenvalue weighted by molar-refractivity contribution is 6.04. The van der Waals surface area contributed by atoms with E-state index >= 15 is 0 Å². The van der Waals surface area contributed by atoms with Crippen LogP contribution in [0.1, 0.15) is 34.5 Å². The summed E-state index contributed by atoms with van der Waals surface area (Å²) in [6.45, 7) is 1.97. The van der Waals surface area contributed by atoms with Gasteiger partial charge in [0.05, 0.1) is 23.5 Å². The average Bonchev–Trinajstić information content (AvgIpc) is 3.59. The second-order valence-corrected chi connectivity index (χ2v) is 8.95. The molecule has 0 spiro atoms. The van der Waals surface area contributed by atoms with Crippen molar-refractivity contribution in [2.24, 2.45) is 0 Å². The SMILES string of the molecule is Cc1ccc(NC(=O)c2ccnc(C3(C#N)CC3)c2)cc1Nc1ncccc1-c1ncnc2[nH]cnc12. The molecular formula is C27H21N9O. The fourth-order valence-corrected chi connectivity index (χ4v) is 4.21. The molecule has 0 unspecified atom stereocenters. The van der Waals surface area contributed by atoms with Gasteiger partial charge in [-0.1, -0.05) is 6.07 Å². The van der Waals surface area contributed by atoms with Crippen LogP contribution in [0.25, 0.3) is 22.4 Å². The topological polar surface area (TPSA) is 145 Å². The molecule has 37 heavy (non-hydrogen) atoms. The highest BCUT2D eigenvalue weighted by atomic mass is 16.1. The van der Waals surface area contributed by atoms with E-state index in [1.807, 2.05) is 37.3 Å². The zero-order valence-electron chi connectivity index (χ0n) is 19.9. The number of pyridine rings is 2. The fourth-order valence-electron chi connectivity index (χ4n) is 4.21. The van der Waals surface area contributed by atoms with E-state index in [0.29, 0.717) is 39.6 Å². The number of rotatable bonds is 6. The number of carbonyl (C=O) groups excluding carboxylic acids is 1. The van der Waals surface area contributed by atoms with Gasteiger partial charge in [0.1, 0.15) is 23.4 Å². The van der Waals surface area contributed by atoms with Crippen molar-refractivity contribution in [3.63, 3.8) is 0 Å². The molecule has 0 bridgehead atoms. The van der Waals surface area contributed by atoms with E-state index < -0.39 is 5.41 Å². The maximum Gasteiger partial charge on any atom is 0.255 e. The first kappa shape index (κ1) is 22.3. The molecule has 1 aliphatic rings. The van der Waals surface area contributed by atoms with Crippen LogP contribution in [0, 0.1) is 18.3 Å². The van der Waals surface area contributed by atoms with Gasteiger partial charge in [-0.25, -0.2) is 19.9 Å². The maximum atomic E-state index is 13.0. The number of nitrogens with one attached hydrogen (secondary N) is 3. The lowest BCUT2D eigenvalue weighted by molar-refractivity contribution is 0.102. The van der Waals surface area contributed by atoms with Crippen LogP contribution in [0.5, 0.6) is 0 Å². The quantitative estimate of drug-likeness (QED) is 0.313. The number of nitrogens with zero attached hydrogens (tertiary/aromatic N) is 6. The third-order valence-corrected chi connectivity index (χ3v) is 6.50. The van der Waals surface area contributed by atoms with Gasteiger partial charge in [-0.3, -0.25) is 9.78 Å². The maximum absolute atomic E-state index is 13.0. The van der Waals surface area contributed by atoms with Crippen molar-refractivity contribution >= 4 is 34.3 Å². The number of carbonyl (C=O) groups is 1. The van der Waals surface area contributed by atoms with E-state index in [4.69, 9.17) is 0 Å². The third-order valence-electron chi connectivity index (χ3n) is 6.50. The first-order valence-electron chi connectivity index (χ1n) is 11.7. The Kier molecular flexibility index (Phi) is 5.31. The molecule has 6 rings (SSSR count). The number of fused-ring (bicyclic) bond motifs is 1. The van der Waals surface area contributed by atoms with Gasteiger partial charge in [0.15, 0.2) is 5.65 Å². The molecule has 0 saturated heterocycles. The van der Waals surface area contributed by atoms with Gasteiger partial charge in [0, 0.05) is 34.9 Å². The van der Waals surface area contributed by atoms with Crippen LogP contribution in [0.2, 0.25) is 0 Å². The summed E-state index contributed by atoms with van der Waals surface area (Å²) in [5, 5.41) is 15.8. The van der Waals surface area contributed by atoms with Gasteiger partial charge < -0.3 is 15.6 Å². The molecule has 4 heterocycles. The van der Waals surface area contributed by atoms with Gasteiger partial charge in [-0.15, -0.1) is 0 Å². The molecule has 10 heteroatoms. The number of nitriles is 1. The van der Waals surface area contributed by atoms with Crippen LogP contribution in [-0.2, 0) is 5.41 Å². The Balaban J connectivity index is 1.28. The Labute approximate surface area is 211 Å². The van der Waals surface area contributed by atoms with E-state index in [9.17, 15) is 10.1 Å². The van der Waals surface area contributed by atoms with E-state index in [1.165, 1.54) is 6.33 Å². The molecular weight excluding hydrogens is 466 g/mol. The number of benzene rings is 1. The molecule has 3 N–H and O–H groups in total. The van der Waals surface area contributed by atoms with Gasteiger partial charge in [0.2, 0.25) is 0 Å². The van der Waals surface area contributed by atoms with Crippen LogP contribution in [-0.4, -0.2) is 35.8 Å². The second kappa shape index (κ2) is 8.80. The van der Waals surface area contributed by atoms with E-state index in [2.05, 4.69) is 46.6 Å². The predicted molar refractivity (Wildman–Crippen MR) is 138 cm³/mol. The van der Waals surface area contributed by atoms with Crippen molar-refractivity contribution < 1.29 is 4.79 Å². The molecule has 0 atom stereocenters. The average molecular weight is 488 g/mol. The van der Waals surface area contributed by atoms with Crippen molar-refractivity contribution in [1.82, 2.24) is 29.9 Å². The largest absolute Gasteiger partial charge is 0.339 e. The standard InChI is InChI=1S/C27H21N9O/c1-16-4-5-18(35-26(37)17-6-10-29-21(11-17)27(13-28)7-8-27)12-20(16)36-24-19(3-2-9-30-24)22-23-25(33-14-31-22)34-15-32-23/h2-6,9-12,14-15H,7-8H2,1H3,(H,30,36)(H,35,37)(H,31,32,33,34). The summed E-state index contributed by atoms with van der Waals surface area (Å²) < 4.78 is 0. The summed E-state index contributed by atoms with van der Waals surface area (Å²) in [4.78, 5) is 37.9. The van der Waals surface area contributed by atoms with Gasteiger partial charge in [0.25, 0.3) is 5.91 Å². The highest BCUT2D eigenvalue weighted by Gasteiger charge is 2.46. The molecule has 1 aromatic carbocycles.